The van der Waals surface area contributed by atoms with Gasteiger partial charge in [-0.25, -0.2) is 4.39 Å². The molecule has 7 heteroatoms. The van der Waals surface area contributed by atoms with Gasteiger partial charge in [-0.1, -0.05) is 30.3 Å². The van der Waals surface area contributed by atoms with E-state index in [1.807, 2.05) is 24.3 Å². The highest BCUT2D eigenvalue weighted by atomic mass is 19.1. The first-order chi connectivity index (χ1) is 15.0. The van der Waals surface area contributed by atoms with Crippen molar-refractivity contribution in [2.75, 3.05) is 11.9 Å². The minimum Gasteiger partial charge on any atom is -0.392 e. The van der Waals surface area contributed by atoms with Crippen LogP contribution < -0.4 is 5.32 Å². The van der Waals surface area contributed by atoms with Gasteiger partial charge in [0.25, 0.3) is 5.91 Å². The number of amides is 2. The smallest absolute Gasteiger partial charge is 0.273 e. The molecular weight excluding hydrogens is 397 g/mol. The number of rotatable bonds is 3. The van der Waals surface area contributed by atoms with E-state index in [-0.39, 0.29) is 29.9 Å². The summed E-state index contributed by atoms with van der Waals surface area (Å²) in [5.74, 6) is -0.892. The molecule has 31 heavy (non-hydrogen) atoms. The van der Waals surface area contributed by atoms with E-state index in [1.165, 1.54) is 18.3 Å². The predicted molar refractivity (Wildman–Crippen MR) is 112 cm³/mol. The van der Waals surface area contributed by atoms with Crippen LogP contribution in [0.5, 0.6) is 0 Å². The van der Waals surface area contributed by atoms with Gasteiger partial charge in [-0.2, -0.15) is 0 Å². The van der Waals surface area contributed by atoms with Crippen LogP contribution in [0.4, 0.5) is 10.1 Å². The zero-order valence-electron chi connectivity index (χ0n) is 16.6. The molecule has 0 radical (unpaired) electrons. The van der Waals surface area contributed by atoms with Crippen molar-refractivity contribution in [3.8, 4) is 0 Å². The van der Waals surface area contributed by atoms with E-state index in [0.717, 1.165) is 11.3 Å². The van der Waals surface area contributed by atoms with Crippen LogP contribution in [-0.2, 0) is 16.8 Å². The fourth-order valence-corrected chi connectivity index (χ4v) is 4.85. The molecule has 2 aromatic carbocycles. The number of benzene rings is 2. The van der Waals surface area contributed by atoms with Crippen LogP contribution in [-0.4, -0.2) is 33.3 Å². The Labute approximate surface area is 178 Å². The Hall–Kier alpha value is -3.58. The average Bonchev–Trinajstić information content (AvgIpc) is 3.33. The number of para-hydroxylation sites is 1. The number of aliphatic hydroxyl groups excluding tert-OH is 1. The topological polar surface area (TPSA) is 82.5 Å². The molecule has 6 nitrogen and oxygen atoms in total. The Bertz CT molecular complexity index is 1180. The molecule has 0 aliphatic carbocycles. The highest BCUT2D eigenvalue weighted by Gasteiger charge is 2.59. The highest BCUT2D eigenvalue weighted by molar-refractivity contribution is 6.08. The van der Waals surface area contributed by atoms with Crippen LogP contribution in [0.3, 0.4) is 0 Å². The van der Waals surface area contributed by atoms with Gasteiger partial charge in [0.1, 0.15) is 16.9 Å². The molecular formula is C24H20FN3O3. The fraction of sp³-hybridized carbons (Fsp3) is 0.208. The van der Waals surface area contributed by atoms with Crippen LogP contribution in [0.25, 0.3) is 0 Å². The molecule has 0 unspecified atom stereocenters. The third-order valence-corrected chi connectivity index (χ3v) is 6.26. The normalized spacial score (nSPS) is 21.9. The second kappa shape index (κ2) is 7.28. The largest absolute Gasteiger partial charge is 0.392 e. The van der Waals surface area contributed by atoms with Crippen LogP contribution in [0, 0.1) is 5.82 Å². The summed E-state index contributed by atoms with van der Waals surface area (Å²) in [6, 6.07) is 16.0. The van der Waals surface area contributed by atoms with Crippen molar-refractivity contribution in [1.29, 1.82) is 0 Å². The van der Waals surface area contributed by atoms with Crippen molar-refractivity contribution in [3.05, 3.63) is 95.1 Å². The number of hydrogen-bond acceptors (Lipinski definition) is 4. The minimum absolute atomic E-state index is 0.171. The molecule has 1 saturated heterocycles. The monoisotopic (exact) mass is 417 g/mol. The van der Waals surface area contributed by atoms with E-state index in [4.69, 9.17) is 0 Å². The summed E-state index contributed by atoms with van der Waals surface area (Å²) in [5.41, 5.74) is 2.05. The van der Waals surface area contributed by atoms with E-state index >= 15 is 0 Å². The Morgan fingerprint density at radius 3 is 2.74 bits per heavy atom. The van der Waals surface area contributed by atoms with E-state index in [9.17, 15) is 19.1 Å². The number of carbonyl (C=O) groups excluding carboxylic acids is 2. The molecule has 2 N–H and O–H groups in total. The summed E-state index contributed by atoms with van der Waals surface area (Å²) in [4.78, 5) is 32.7. The van der Waals surface area contributed by atoms with Crippen LogP contribution in [0.1, 0.15) is 39.6 Å². The molecule has 1 fully saturated rings. The zero-order chi connectivity index (χ0) is 21.6. The maximum absolute atomic E-state index is 13.7. The molecule has 0 bridgehead atoms. The number of likely N-dealkylation sites (tertiary alicyclic amines) is 1. The van der Waals surface area contributed by atoms with Crippen molar-refractivity contribution in [1.82, 2.24) is 9.88 Å². The molecule has 0 saturated carbocycles. The zero-order valence-corrected chi connectivity index (χ0v) is 16.6. The minimum atomic E-state index is -0.974. The second-order valence-corrected chi connectivity index (χ2v) is 7.88. The summed E-state index contributed by atoms with van der Waals surface area (Å²) < 4.78 is 13.7. The SMILES string of the molecule is O=C(c1cc(CO)ccn1)N1CC[C@]2(C(=O)Nc3ccccc32)[C@@H]1c1ccc(F)cc1. The third kappa shape index (κ3) is 2.92. The molecule has 1 spiro atoms. The molecule has 2 aliphatic rings. The Kier molecular flexibility index (Phi) is 4.55. The van der Waals surface area contributed by atoms with E-state index in [1.54, 1.807) is 29.2 Å². The molecule has 1 aromatic heterocycles. The Morgan fingerprint density at radius 2 is 1.97 bits per heavy atom. The molecule has 5 rings (SSSR count). The highest BCUT2D eigenvalue weighted by Crippen LogP contribution is 2.54. The molecule has 156 valence electrons. The van der Waals surface area contributed by atoms with E-state index in [0.29, 0.717) is 24.1 Å². The Balaban J connectivity index is 1.65. The molecule has 2 aliphatic heterocycles. The molecule has 2 amide bonds. The fourth-order valence-electron chi connectivity index (χ4n) is 4.85. The van der Waals surface area contributed by atoms with Crippen LogP contribution >= 0.6 is 0 Å². The van der Waals surface area contributed by atoms with Gasteiger partial charge in [0.15, 0.2) is 0 Å². The summed E-state index contributed by atoms with van der Waals surface area (Å²) in [6.07, 6.45) is 1.92. The van der Waals surface area contributed by atoms with Crippen molar-refractivity contribution < 1.29 is 19.1 Å². The lowest BCUT2D eigenvalue weighted by Crippen LogP contribution is -2.42. The number of aromatic nitrogens is 1. The second-order valence-electron chi connectivity index (χ2n) is 7.88. The maximum atomic E-state index is 13.7. The van der Waals surface area contributed by atoms with Crippen LogP contribution in [0.15, 0.2) is 66.9 Å². The number of nitrogens with one attached hydrogen (secondary N) is 1. The molecule has 2 atom stereocenters. The first-order valence-corrected chi connectivity index (χ1v) is 10.1. The van der Waals surface area contributed by atoms with Gasteiger partial charge in [-0.3, -0.25) is 14.6 Å². The number of fused-ring (bicyclic) bond motifs is 2. The van der Waals surface area contributed by atoms with E-state index in [2.05, 4.69) is 10.3 Å². The van der Waals surface area contributed by atoms with E-state index < -0.39 is 11.5 Å². The quantitative estimate of drug-likeness (QED) is 0.686. The summed E-state index contributed by atoms with van der Waals surface area (Å²) in [5, 5.41) is 12.4. The first-order valence-electron chi connectivity index (χ1n) is 10.1. The lowest BCUT2D eigenvalue weighted by Gasteiger charge is -2.34. The lowest BCUT2D eigenvalue weighted by atomic mass is 9.72. The number of pyridine rings is 1. The molecule has 3 heterocycles. The number of nitrogens with zero attached hydrogens (tertiary/aromatic N) is 2. The first kappa shape index (κ1) is 19.4. The van der Waals surface area contributed by atoms with Gasteiger partial charge in [-0.05, 0) is 53.4 Å². The van der Waals surface area contributed by atoms with Gasteiger partial charge in [0.2, 0.25) is 5.91 Å². The number of aliphatic hydroxyl groups is 1. The number of anilines is 1. The third-order valence-electron chi connectivity index (χ3n) is 6.26. The van der Waals surface area contributed by atoms with Crippen molar-refractivity contribution in [2.24, 2.45) is 0 Å². The lowest BCUT2D eigenvalue weighted by molar-refractivity contribution is -0.121. The van der Waals surface area contributed by atoms with Gasteiger partial charge < -0.3 is 15.3 Å². The summed E-state index contributed by atoms with van der Waals surface area (Å²) in [7, 11) is 0. The number of carbonyl (C=O) groups is 2. The predicted octanol–water partition coefficient (Wildman–Crippen LogP) is 3.19. The summed E-state index contributed by atoms with van der Waals surface area (Å²) >= 11 is 0. The maximum Gasteiger partial charge on any atom is 0.273 e. The van der Waals surface area contributed by atoms with Crippen LogP contribution in [0.2, 0.25) is 0 Å². The standard InChI is InChI=1S/C24H20FN3O3/c25-17-7-5-16(6-8-17)21-24(18-3-1-2-4-19(18)27-23(24)31)10-12-28(21)22(30)20-13-15(14-29)9-11-26-20/h1-9,11,13,21,29H,10,12,14H2,(H,27,31)/t21-,24+/m0/s1. The Morgan fingerprint density at radius 1 is 1.19 bits per heavy atom. The van der Waals surface area contributed by atoms with Gasteiger partial charge in [0.05, 0.1) is 12.6 Å². The summed E-state index contributed by atoms with van der Waals surface area (Å²) in [6.45, 7) is 0.136. The number of halogens is 1. The van der Waals surface area contributed by atoms with Gasteiger partial charge in [-0.15, -0.1) is 0 Å². The van der Waals surface area contributed by atoms with Crippen molar-refractivity contribution >= 4 is 17.5 Å². The average molecular weight is 417 g/mol. The van der Waals surface area contributed by atoms with Gasteiger partial charge >= 0.3 is 0 Å². The van der Waals surface area contributed by atoms with Crippen molar-refractivity contribution in [3.63, 3.8) is 0 Å². The number of hydrogen-bond donors (Lipinski definition) is 2. The molecule has 3 aromatic rings. The van der Waals surface area contributed by atoms with Gasteiger partial charge in [0, 0.05) is 18.4 Å². The van der Waals surface area contributed by atoms with Crippen molar-refractivity contribution in [2.45, 2.75) is 24.5 Å².